The van der Waals surface area contributed by atoms with Crippen molar-refractivity contribution in [2.75, 3.05) is 6.61 Å². The highest BCUT2D eigenvalue weighted by atomic mass is 79.9. The van der Waals surface area contributed by atoms with E-state index >= 15 is 0 Å². The molecule has 0 spiro atoms. The Bertz CT molecular complexity index is 732. The zero-order valence-electron chi connectivity index (χ0n) is 15.8. The Labute approximate surface area is 173 Å². The summed E-state index contributed by atoms with van der Waals surface area (Å²) in [5, 5.41) is 0. The highest BCUT2D eigenvalue weighted by Gasteiger charge is 2.16. The largest absolute Gasteiger partial charge is 0.491 e. The smallest absolute Gasteiger partial charge is 0.122 e. The molecule has 0 radical (unpaired) electrons. The number of ether oxygens (including phenoxy) is 2. The average Bonchev–Trinajstić information content (AvgIpc) is 2.59. The Kier molecular flexibility index (Phi) is 8.23. The van der Waals surface area contributed by atoms with Crippen LogP contribution < -0.4 is 9.47 Å². The third-order valence-corrected chi connectivity index (χ3v) is 4.89. The van der Waals surface area contributed by atoms with Crippen molar-refractivity contribution in [3.63, 3.8) is 0 Å². The van der Waals surface area contributed by atoms with E-state index in [-0.39, 0.29) is 6.10 Å². The van der Waals surface area contributed by atoms with Crippen molar-refractivity contribution in [2.45, 2.75) is 46.1 Å². The van der Waals surface area contributed by atoms with E-state index in [1.165, 1.54) is 16.7 Å². The minimum atomic E-state index is 0.188. The second-order valence-electron chi connectivity index (χ2n) is 6.47. The van der Waals surface area contributed by atoms with Gasteiger partial charge in [-0.05, 0) is 100 Å². The predicted octanol–water partition coefficient (Wildman–Crippen LogP) is 7.33. The Balaban J connectivity index is 2.25. The Morgan fingerprint density at radius 2 is 1.77 bits per heavy atom. The molecule has 2 aromatic rings. The molecule has 2 rings (SSSR count). The zero-order valence-corrected chi connectivity index (χ0v) is 18.9. The van der Waals surface area contributed by atoms with Gasteiger partial charge in [0.25, 0.3) is 0 Å². The van der Waals surface area contributed by atoms with Crippen molar-refractivity contribution in [1.29, 1.82) is 0 Å². The lowest BCUT2D eigenvalue weighted by Gasteiger charge is -2.21. The molecular weight excluding hydrogens is 456 g/mol. The first-order valence-electron chi connectivity index (χ1n) is 8.92. The molecule has 1 unspecified atom stereocenters. The van der Waals surface area contributed by atoms with Crippen molar-refractivity contribution >= 4 is 31.9 Å². The summed E-state index contributed by atoms with van der Waals surface area (Å²) in [5.74, 6) is 2.18. The lowest BCUT2D eigenvalue weighted by molar-refractivity contribution is 0.242. The van der Waals surface area contributed by atoms with Crippen LogP contribution in [0.2, 0.25) is 0 Å². The number of benzene rings is 2. The maximum atomic E-state index is 5.93. The van der Waals surface area contributed by atoms with E-state index in [1.54, 1.807) is 0 Å². The van der Waals surface area contributed by atoms with Crippen LogP contribution in [0.25, 0.3) is 0 Å². The quantitative estimate of drug-likeness (QED) is 0.392. The molecule has 2 aromatic carbocycles. The van der Waals surface area contributed by atoms with Gasteiger partial charge in [-0.15, -0.1) is 0 Å². The van der Waals surface area contributed by atoms with Gasteiger partial charge in [-0.1, -0.05) is 31.2 Å². The van der Waals surface area contributed by atoms with Gasteiger partial charge in [0.1, 0.15) is 18.1 Å². The molecule has 0 heterocycles. The molecule has 0 bridgehead atoms. The van der Waals surface area contributed by atoms with Crippen LogP contribution >= 0.6 is 31.9 Å². The van der Waals surface area contributed by atoms with Gasteiger partial charge < -0.3 is 9.47 Å². The van der Waals surface area contributed by atoms with Crippen LogP contribution in [0.4, 0.5) is 0 Å². The minimum Gasteiger partial charge on any atom is -0.491 e. The second kappa shape index (κ2) is 10.2. The molecule has 140 valence electrons. The fraction of sp³-hybridized carbons (Fsp3) is 0.364. The summed E-state index contributed by atoms with van der Waals surface area (Å²) in [4.78, 5) is 0. The normalized spacial score (nSPS) is 12.0. The van der Waals surface area contributed by atoms with Gasteiger partial charge in [-0.3, -0.25) is 0 Å². The monoisotopic (exact) mass is 480 g/mol. The molecule has 0 saturated heterocycles. The molecule has 0 aliphatic carbocycles. The van der Waals surface area contributed by atoms with Gasteiger partial charge >= 0.3 is 0 Å². The summed E-state index contributed by atoms with van der Waals surface area (Å²) in [5.41, 5.74) is 3.80. The first-order valence-corrected chi connectivity index (χ1v) is 10.5. The molecule has 2 nitrogen and oxygen atoms in total. The molecule has 0 N–H and O–H groups in total. The summed E-state index contributed by atoms with van der Waals surface area (Å²) in [7, 11) is 0. The van der Waals surface area contributed by atoms with Crippen LogP contribution in [-0.2, 0) is 0 Å². The van der Waals surface area contributed by atoms with Crippen molar-refractivity contribution in [2.24, 2.45) is 0 Å². The van der Waals surface area contributed by atoms with E-state index in [4.69, 9.17) is 9.47 Å². The van der Waals surface area contributed by atoms with Crippen molar-refractivity contribution in [1.82, 2.24) is 0 Å². The highest BCUT2D eigenvalue weighted by Crippen LogP contribution is 2.34. The Hall–Kier alpha value is -1.26. The van der Waals surface area contributed by atoms with Gasteiger partial charge in [0.05, 0.1) is 9.50 Å². The minimum absolute atomic E-state index is 0.188. The standard InChI is InChI=1S/C22H26Br2O2/c1-5-19(17-9-11-18(12-10-17)26-15(2)3)20-7-6-8-21(16(20)4)25-14-13-22(23)24/h6-13,15,19H,5,14H2,1-4H3. The molecule has 0 saturated carbocycles. The summed E-state index contributed by atoms with van der Waals surface area (Å²) >= 11 is 6.71. The van der Waals surface area contributed by atoms with Crippen LogP contribution in [0, 0.1) is 6.92 Å². The molecule has 0 amide bonds. The van der Waals surface area contributed by atoms with Crippen molar-refractivity contribution in [3.8, 4) is 11.5 Å². The lowest BCUT2D eigenvalue weighted by atomic mass is 9.86. The van der Waals surface area contributed by atoms with Crippen molar-refractivity contribution < 1.29 is 9.47 Å². The van der Waals surface area contributed by atoms with Crippen molar-refractivity contribution in [3.05, 3.63) is 68.6 Å². The van der Waals surface area contributed by atoms with Crippen LogP contribution in [-0.4, -0.2) is 12.7 Å². The zero-order chi connectivity index (χ0) is 19.1. The van der Waals surface area contributed by atoms with Gasteiger partial charge in [0.15, 0.2) is 0 Å². The van der Waals surface area contributed by atoms with E-state index in [2.05, 4.69) is 82.1 Å². The Morgan fingerprint density at radius 3 is 2.35 bits per heavy atom. The van der Waals surface area contributed by atoms with Gasteiger partial charge in [-0.2, -0.15) is 0 Å². The fourth-order valence-corrected chi connectivity index (χ4v) is 3.31. The van der Waals surface area contributed by atoms with E-state index in [0.29, 0.717) is 12.5 Å². The topological polar surface area (TPSA) is 18.5 Å². The molecule has 0 aliphatic rings. The fourth-order valence-electron chi connectivity index (χ4n) is 3.05. The number of rotatable bonds is 8. The molecule has 0 aromatic heterocycles. The first-order chi connectivity index (χ1) is 12.4. The van der Waals surface area contributed by atoms with Crippen LogP contribution in [0.3, 0.4) is 0 Å². The van der Waals surface area contributed by atoms with Crippen LogP contribution in [0.15, 0.2) is 51.9 Å². The summed E-state index contributed by atoms with van der Waals surface area (Å²) in [6.07, 6.45) is 3.16. The SMILES string of the molecule is CCC(c1ccc(OC(C)C)cc1)c1cccc(OCC=C(Br)Br)c1C. The molecule has 1 atom stereocenters. The van der Waals surface area contributed by atoms with E-state index < -0.39 is 0 Å². The lowest BCUT2D eigenvalue weighted by Crippen LogP contribution is -2.07. The Morgan fingerprint density at radius 1 is 1.08 bits per heavy atom. The maximum Gasteiger partial charge on any atom is 0.122 e. The highest BCUT2D eigenvalue weighted by molar-refractivity contribution is 9.28. The van der Waals surface area contributed by atoms with Crippen LogP contribution in [0.5, 0.6) is 11.5 Å². The average molecular weight is 482 g/mol. The summed E-state index contributed by atoms with van der Waals surface area (Å²) in [6, 6.07) is 14.8. The molecule has 0 aliphatic heterocycles. The predicted molar refractivity (Wildman–Crippen MR) is 117 cm³/mol. The summed E-state index contributed by atoms with van der Waals surface area (Å²) < 4.78 is 12.6. The second-order valence-corrected chi connectivity index (χ2v) is 9.24. The molecular formula is C22H26Br2O2. The third kappa shape index (κ3) is 5.88. The third-order valence-electron chi connectivity index (χ3n) is 4.24. The van der Waals surface area contributed by atoms with Crippen LogP contribution in [0.1, 0.15) is 49.8 Å². The first kappa shape index (κ1) is 21.0. The van der Waals surface area contributed by atoms with Gasteiger partial charge in [0.2, 0.25) is 0 Å². The molecule has 4 heteroatoms. The molecule has 26 heavy (non-hydrogen) atoms. The van der Waals surface area contributed by atoms with E-state index in [9.17, 15) is 0 Å². The van der Waals surface area contributed by atoms with E-state index in [1.807, 2.05) is 26.0 Å². The maximum absolute atomic E-state index is 5.93. The number of hydrogen-bond acceptors (Lipinski definition) is 2. The van der Waals surface area contributed by atoms with E-state index in [0.717, 1.165) is 21.3 Å². The van der Waals surface area contributed by atoms with Gasteiger partial charge in [0, 0.05) is 5.92 Å². The number of hydrogen-bond donors (Lipinski definition) is 0. The number of halogens is 2. The molecule has 0 fully saturated rings. The summed E-state index contributed by atoms with van der Waals surface area (Å²) in [6.45, 7) is 8.97. The van der Waals surface area contributed by atoms with Gasteiger partial charge in [-0.25, -0.2) is 0 Å².